The SMILES string of the molecule is Cl.NCc1ccc(C(=O)N2CCCC(c3nc(C(F)(F)F)cs3)C2)cc1. The predicted octanol–water partition coefficient (Wildman–Crippen LogP) is 4.06. The zero-order valence-electron chi connectivity index (χ0n) is 13.8. The number of amides is 1. The second-order valence-electron chi connectivity index (χ2n) is 6.06. The summed E-state index contributed by atoms with van der Waals surface area (Å²) in [6, 6.07) is 7.09. The van der Waals surface area contributed by atoms with Gasteiger partial charge in [-0.25, -0.2) is 4.98 Å². The molecule has 1 atom stereocenters. The maximum atomic E-state index is 12.7. The van der Waals surface area contributed by atoms with Crippen molar-refractivity contribution in [2.45, 2.75) is 31.5 Å². The number of rotatable bonds is 3. The summed E-state index contributed by atoms with van der Waals surface area (Å²) in [5.41, 5.74) is 6.20. The van der Waals surface area contributed by atoms with Crippen molar-refractivity contribution in [2.75, 3.05) is 13.1 Å². The van der Waals surface area contributed by atoms with Gasteiger partial charge in [0, 0.05) is 36.5 Å². The number of hydrogen-bond donors (Lipinski definition) is 1. The molecule has 1 aliphatic rings. The molecule has 1 aromatic carbocycles. The standard InChI is InChI=1S/C17H18F3N3OS.ClH/c18-17(19,20)14-10-25-15(22-14)13-2-1-7-23(9-13)16(24)12-5-3-11(8-21)4-6-12;/h3-6,10,13H,1-2,7-9,21H2;1H. The number of benzene rings is 1. The van der Waals surface area contributed by atoms with Crippen molar-refractivity contribution in [3.05, 3.63) is 51.5 Å². The Hall–Kier alpha value is -1.64. The third-order valence-corrected chi connectivity index (χ3v) is 5.31. The number of alkyl halides is 3. The Bertz CT molecular complexity index is 748. The number of nitrogens with zero attached hydrogens (tertiary/aromatic N) is 2. The summed E-state index contributed by atoms with van der Waals surface area (Å²) in [4.78, 5) is 18.1. The van der Waals surface area contributed by atoms with Gasteiger partial charge in [0.25, 0.3) is 5.91 Å². The topological polar surface area (TPSA) is 59.2 Å². The third-order valence-electron chi connectivity index (χ3n) is 4.31. The van der Waals surface area contributed by atoms with Crippen LogP contribution in [0.4, 0.5) is 13.2 Å². The molecule has 1 fully saturated rings. The zero-order chi connectivity index (χ0) is 18.0. The van der Waals surface area contributed by atoms with Crippen molar-refractivity contribution >= 4 is 29.7 Å². The van der Waals surface area contributed by atoms with Gasteiger partial charge in [-0.05, 0) is 30.5 Å². The summed E-state index contributed by atoms with van der Waals surface area (Å²) in [5, 5.41) is 1.49. The smallest absolute Gasteiger partial charge is 0.338 e. The lowest BCUT2D eigenvalue weighted by Crippen LogP contribution is -2.39. The molecule has 26 heavy (non-hydrogen) atoms. The molecule has 0 saturated carbocycles. The number of aromatic nitrogens is 1. The van der Waals surface area contributed by atoms with E-state index in [1.807, 2.05) is 12.1 Å². The summed E-state index contributed by atoms with van der Waals surface area (Å²) < 4.78 is 38.2. The van der Waals surface area contributed by atoms with Gasteiger partial charge in [0.1, 0.15) is 0 Å². The van der Waals surface area contributed by atoms with Crippen LogP contribution in [0.15, 0.2) is 29.6 Å². The average Bonchev–Trinajstić information content (AvgIpc) is 3.12. The molecule has 0 radical (unpaired) electrons. The van der Waals surface area contributed by atoms with E-state index in [4.69, 9.17) is 5.73 Å². The molecular formula is C17H19ClF3N3OS. The highest BCUT2D eigenvalue weighted by Crippen LogP contribution is 2.35. The van der Waals surface area contributed by atoms with E-state index in [0.717, 1.165) is 35.1 Å². The largest absolute Gasteiger partial charge is 0.434 e. The Kier molecular flexibility index (Phi) is 6.65. The van der Waals surface area contributed by atoms with E-state index in [0.29, 0.717) is 30.2 Å². The number of carbonyl (C=O) groups excluding carboxylic acids is 1. The molecule has 2 N–H and O–H groups in total. The van der Waals surface area contributed by atoms with Crippen molar-refractivity contribution in [1.29, 1.82) is 0 Å². The van der Waals surface area contributed by atoms with Gasteiger partial charge in [0.15, 0.2) is 5.69 Å². The number of hydrogen-bond acceptors (Lipinski definition) is 4. The summed E-state index contributed by atoms with van der Waals surface area (Å²) in [6.07, 6.45) is -2.94. The van der Waals surface area contributed by atoms with E-state index in [2.05, 4.69) is 4.98 Å². The molecular weight excluding hydrogens is 387 g/mol. The van der Waals surface area contributed by atoms with E-state index < -0.39 is 11.9 Å². The second-order valence-corrected chi connectivity index (χ2v) is 6.95. The summed E-state index contributed by atoms with van der Waals surface area (Å²) in [7, 11) is 0. The molecule has 1 amide bonds. The Balaban J connectivity index is 0.00000243. The minimum Gasteiger partial charge on any atom is -0.338 e. The van der Waals surface area contributed by atoms with Crippen molar-refractivity contribution in [3.8, 4) is 0 Å². The summed E-state index contributed by atoms with van der Waals surface area (Å²) in [6.45, 7) is 1.40. The van der Waals surface area contributed by atoms with Crippen LogP contribution in [0.25, 0.3) is 0 Å². The number of carbonyl (C=O) groups is 1. The number of nitrogens with two attached hydrogens (primary N) is 1. The van der Waals surface area contributed by atoms with Gasteiger partial charge in [-0.1, -0.05) is 12.1 Å². The van der Waals surface area contributed by atoms with Gasteiger partial charge < -0.3 is 10.6 Å². The van der Waals surface area contributed by atoms with Crippen molar-refractivity contribution in [2.24, 2.45) is 5.73 Å². The molecule has 4 nitrogen and oxygen atoms in total. The molecule has 1 unspecified atom stereocenters. The van der Waals surface area contributed by atoms with Crippen molar-refractivity contribution in [1.82, 2.24) is 9.88 Å². The fourth-order valence-electron chi connectivity index (χ4n) is 2.93. The quantitative estimate of drug-likeness (QED) is 0.837. The maximum Gasteiger partial charge on any atom is 0.434 e. The maximum absolute atomic E-state index is 12.7. The van der Waals surface area contributed by atoms with Gasteiger partial charge >= 0.3 is 6.18 Å². The molecule has 0 aliphatic carbocycles. The lowest BCUT2D eigenvalue weighted by Gasteiger charge is -2.32. The highest BCUT2D eigenvalue weighted by atomic mass is 35.5. The first-order valence-corrected chi connectivity index (χ1v) is 8.87. The highest BCUT2D eigenvalue weighted by molar-refractivity contribution is 7.09. The Morgan fingerprint density at radius 3 is 2.58 bits per heavy atom. The number of piperidine rings is 1. The first-order chi connectivity index (χ1) is 11.9. The molecule has 142 valence electrons. The Morgan fingerprint density at radius 1 is 1.31 bits per heavy atom. The van der Waals surface area contributed by atoms with Crippen molar-refractivity contribution < 1.29 is 18.0 Å². The molecule has 0 bridgehead atoms. The lowest BCUT2D eigenvalue weighted by molar-refractivity contribution is -0.140. The van der Waals surface area contributed by atoms with Gasteiger partial charge in [-0.15, -0.1) is 23.7 Å². The van der Waals surface area contributed by atoms with Crippen LogP contribution in [0, 0.1) is 0 Å². The van der Waals surface area contributed by atoms with Crippen molar-refractivity contribution in [3.63, 3.8) is 0 Å². The van der Waals surface area contributed by atoms with E-state index >= 15 is 0 Å². The van der Waals surface area contributed by atoms with E-state index in [1.165, 1.54) is 0 Å². The summed E-state index contributed by atoms with van der Waals surface area (Å²) >= 11 is 1.01. The van der Waals surface area contributed by atoms with Crippen LogP contribution >= 0.6 is 23.7 Å². The van der Waals surface area contributed by atoms with E-state index in [9.17, 15) is 18.0 Å². The minimum atomic E-state index is -4.43. The first kappa shape index (κ1) is 20.7. The predicted molar refractivity (Wildman–Crippen MR) is 96.6 cm³/mol. The monoisotopic (exact) mass is 405 g/mol. The molecule has 1 aliphatic heterocycles. The van der Waals surface area contributed by atoms with Crippen LogP contribution < -0.4 is 5.73 Å². The van der Waals surface area contributed by atoms with Crippen LogP contribution in [0.5, 0.6) is 0 Å². The Labute approximate surface area is 159 Å². The lowest BCUT2D eigenvalue weighted by atomic mass is 9.98. The highest BCUT2D eigenvalue weighted by Gasteiger charge is 2.35. The third kappa shape index (κ3) is 4.55. The van der Waals surface area contributed by atoms with Crippen LogP contribution in [-0.2, 0) is 12.7 Å². The molecule has 2 aromatic rings. The molecule has 0 spiro atoms. The minimum absolute atomic E-state index is 0. The van der Waals surface area contributed by atoms with E-state index in [1.54, 1.807) is 17.0 Å². The number of likely N-dealkylation sites (tertiary alicyclic amines) is 1. The van der Waals surface area contributed by atoms with Crippen LogP contribution in [-0.4, -0.2) is 28.9 Å². The van der Waals surface area contributed by atoms with Crippen LogP contribution in [0.1, 0.15) is 45.4 Å². The molecule has 9 heteroatoms. The fourth-order valence-corrected chi connectivity index (χ4v) is 3.89. The number of thiazole rings is 1. The van der Waals surface area contributed by atoms with Gasteiger partial charge in [-0.2, -0.15) is 13.2 Å². The molecule has 3 rings (SSSR count). The van der Waals surface area contributed by atoms with Crippen LogP contribution in [0.3, 0.4) is 0 Å². The fraction of sp³-hybridized carbons (Fsp3) is 0.412. The van der Waals surface area contributed by atoms with Gasteiger partial charge in [-0.3, -0.25) is 4.79 Å². The second kappa shape index (κ2) is 8.37. The van der Waals surface area contributed by atoms with E-state index in [-0.39, 0.29) is 24.2 Å². The van der Waals surface area contributed by atoms with Gasteiger partial charge in [0.05, 0.1) is 5.01 Å². The normalized spacial score (nSPS) is 17.7. The number of halogens is 4. The first-order valence-electron chi connectivity index (χ1n) is 7.99. The molecule has 1 aromatic heterocycles. The average molecular weight is 406 g/mol. The Morgan fingerprint density at radius 2 is 2.00 bits per heavy atom. The summed E-state index contributed by atoms with van der Waals surface area (Å²) in [5.74, 6) is -0.261. The molecule has 2 heterocycles. The molecule has 1 saturated heterocycles. The van der Waals surface area contributed by atoms with Gasteiger partial charge in [0.2, 0.25) is 0 Å². The zero-order valence-corrected chi connectivity index (χ0v) is 15.5. The van der Waals surface area contributed by atoms with Crippen LogP contribution in [0.2, 0.25) is 0 Å².